The van der Waals surface area contributed by atoms with Crippen LogP contribution in [0.5, 0.6) is 0 Å². The summed E-state index contributed by atoms with van der Waals surface area (Å²) in [5.74, 6) is 0.0682. The van der Waals surface area contributed by atoms with Crippen LogP contribution in [0.4, 0.5) is 5.69 Å². The van der Waals surface area contributed by atoms with E-state index in [0.29, 0.717) is 4.75 Å². The Morgan fingerprint density at radius 3 is 2.95 bits per heavy atom. The predicted octanol–water partition coefficient (Wildman–Crippen LogP) is 3.06. The van der Waals surface area contributed by atoms with Gasteiger partial charge in [0.1, 0.15) is 0 Å². The molecule has 1 aliphatic carbocycles. The molecule has 0 aromatic heterocycles. The van der Waals surface area contributed by atoms with Crippen LogP contribution in [0.3, 0.4) is 0 Å². The molecule has 2 aliphatic rings. The van der Waals surface area contributed by atoms with Crippen molar-refractivity contribution in [2.24, 2.45) is 0 Å². The van der Waals surface area contributed by atoms with Crippen molar-refractivity contribution in [1.82, 2.24) is 5.32 Å². The second-order valence-corrected chi connectivity index (χ2v) is 7.10. The third-order valence-corrected chi connectivity index (χ3v) is 5.99. The molecule has 1 fully saturated rings. The van der Waals surface area contributed by atoms with E-state index >= 15 is 0 Å². The van der Waals surface area contributed by atoms with Gasteiger partial charge in [-0.2, -0.15) is 11.8 Å². The van der Waals surface area contributed by atoms with Gasteiger partial charge in [-0.05, 0) is 55.7 Å². The highest BCUT2D eigenvalue weighted by molar-refractivity contribution is 8.00. The van der Waals surface area contributed by atoms with Crippen LogP contribution in [0.1, 0.15) is 41.6 Å². The Labute approximate surface area is 124 Å². The molecule has 1 aromatic rings. The van der Waals surface area contributed by atoms with Crippen LogP contribution in [-0.4, -0.2) is 30.0 Å². The van der Waals surface area contributed by atoms with Crippen molar-refractivity contribution < 1.29 is 4.79 Å². The summed E-state index contributed by atoms with van der Waals surface area (Å²) >= 11 is 1.89. The van der Waals surface area contributed by atoms with E-state index < -0.39 is 0 Å². The summed E-state index contributed by atoms with van der Waals surface area (Å²) in [5.41, 5.74) is 3.25. The molecule has 0 unspecified atom stereocenters. The summed E-state index contributed by atoms with van der Waals surface area (Å²) in [7, 11) is 0. The lowest BCUT2D eigenvalue weighted by molar-refractivity contribution is 0.0944. The first kappa shape index (κ1) is 13.8. The smallest absolute Gasteiger partial charge is 0.251 e. The van der Waals surface area contributed by atoms with E-state index in [4.69, 9.17) is 0 Å². The Kier molecular flexibility index (Phi) is 3.92. The van der Waals surface area contributed by atoms with Crippen LogP contribution < -0.4 is 10.6 Å². The zero-order chi connectivity index (χ0) is 14.0. The second kappa shape index (κ2) is 5.68. The fourth-order valence-electron chi connectivity index (χ4n) is 2.98. The summed E-state index contributed by atoms with van der Waals surface area (Å²) < 4.78 is 0.297. The molecular weight excluding hydrogens is 268 g/mol. The van der Waals surface area contributed by atoms with Gasteiger partial charge in [-0.1, -0.05) is 6.42 Å². The number of carbonyl (C=O) groups excluding carboxylic acids is 1. The Hall–Kier alpha value is -1.16. The molecule has 0 spiro atoms. The van der Waals surface area contributed by atoms with E-state index in [0.717, 1.165) is 31.5 Å². The molecule has 3 rings (SSSR count). The van der Waals surface area contributed by atoms with Crippen LogP contribution in [0.15, 0.2) is 18.2 Å². The van der Waals surface area contributed by atoms with E-state index in [1.165, 1.54) is 30.5 Å². The molecule has 0 atom stereocenters. The van der Waals surface area contributed by atoms with Crippen LogP contribution in [0, 0.1) is 0 Å². The van der Waals surface area contributed by atoms with E-state index in [2.05, 4.69) is 16.9 Å². The van der Waals surface area contributed by atoms with Gasteiger partial charge in [0.2, 0.25) is 0 Å². The molecule has 0 bridgehead atoms. The molecule has 4 heteroatoms. The van der Waals surface area contributed by atoms with Crippen LogP contribution in [-0.2, 0) is 6.42 Å². The number of carbonyl (C=O) groups is 1. The van der Waals surface area contributed by atoms with Crippen LogP contribution in [0.25, 0.3) is 0 Å². The van der Waals surface area contributed by atoms with Crippen molar-refractivity contribution in [1.29, 1.82) is 0 Å². The number of hydrogen-bond donors (Lipinski definition) is 2. The maximum Gasteiger partial charge on any atom is 0.251 e. The van der Waals surface area contributed by atoms with Crippen LogP contribution >= 0.6 is 11.8 Å². The molecule has 1 aromatic carbocycles. The highest BCUT2D eigenvalue weighted by Gasteiger charge is 2.36. The topological polar surface area (TPSA) is 41.1 Å². The monoisotopic (exact) mass is 290 g/mol. The number of nitrogens with one attached hydrogen (secondary N) is 2. The van der Waals surface area contributed by atoms with Gasteiger partial charge in [0.25, 0.3) is 5.91 Å². The van der Waals surface area contributed by atoms with Gasteiger partial charge in [-0.25, -0.2) is 0 Å². The number of thioether (sulfide) groups is 1. The van der Waals surface area contributed by atoms with Crippen molar-refractivity contribution in [3.63, 3.8) is 0 Å². The molecular formula is C16H22N2OS. The maximum absolute atomic E-state index is 12.3. The largest absolute Gasteiger partial charge is 0.385 e. The molecule has 0 radical (unpaired) electrons. The third kappa shape index (κ3) is 2.66. The Morgan fingerprint density at radius 2 is 2.25 bits per heavy atom. The number of amides is 1. The quantitative estimate of drug-likeness (QED) is 0.895. The van der Waals surface area contributed by atoms with Crippen molar-refractivity contribution in [2.75, 3.05) is 24.7 Å². The maximum atomic E-state index is 12.3. The number of benzene rings is 1. The van der Waals surface area contributed by atoms with Gasteiger partial charge < -0.3 is 10.6 Å². The summed E-state index contributed by atoms with van der Waals surface area (Å²) in [5, 5.41) is 6.50. The molecule has 108 valence electrons. The van der Waals surface area contributed by atoms with Gasteiger partial charge in [-0.15, -0.1) is 0 Å². The Balaban J connectivity index is 1.65. The van der Waals surface area contributed by atoms with Crippen molar-refractivity contribution >= 4 is 23.4 Å². The van der Waals surface area contributed by atoms with Crippen molar-refractivity contribution in [3.8, 4) is 0 Å². The highest BCUT2D eigenvalue weighted by Crippen LogP contribution is 2.42. The van der Waals surface area contributed by atoms with E-state index in [9.17, 15) is 4.79 Å². The first-order chi connectivity index (χ1) is 9.72. The van der Waals surface area contributed by atoms with E-state index in [1.54, 1.807) is 0 Å². The lowest BCUT2D eigenvalue weighted by atomic mass is 9.84. The van der Waals surface area contributed by atoms with Crippen LogP contribution in [0.2, 0.25) is 0 Å². The summed E-state index contributed by atoms with van der Waals surface area (Å²) in [6.45, 7) is 1.83. The molecule has 1 aliphatic heterocycles. The first-order valence-electron chi connectivity index (χ1n) is 7.43. The van der Waals surface area contributed by atoms with E-state index in [1.807, 2.05) is 30.0 Å². The lowest BCUT2D eigenvalue weighted by Crippen LogP contribution is -2.45. The number of hydrogen-bond acceptors (Lipinski definition) is 3. The molecule has 2 N–H and O–H groups in total. The fraction of sp³-hybridized carbons (Fsp3) is 0.562. The van der Waals surface area contributed by atoms with Gasteiger partial charge in [-0.3, -0.25) is 4.79 Å². The lowest BCUT2D eigenvalue weighted by Gasteiger charge is -2.40. The SMILES string of the molecule is CSC1(CNC(=O)c2ccc3c(c2)CCCN3)CCC1. The van der Waals surface area contributed by atoms with Gasteiger partial charge in [0, 0.05) is 29.1 Å². The minimum Gasteiger partial charge on any atom is -0.385 e. The number of aryl methyl sites for hydroxylation is 1. The van der Waals surface area contributed by atoms with E-state index in [-0.39, 0.29) is 5.91 Å². The standard InChI is InChI=1S/C16H22N2OS/c1-20-16(7-3-8-16)11-18-15(19)13-5-6-14-12(10-13)4-2-9-17-14/h5-6,10,17H,2-4,7-9,11H2,1H3,(H,18,19). The Bertz CT molecular complexity index is 506. The van der Waals surface area contributed by atoms with Gasteiger partial charge in [0.15, 0.2) is 0 Å². The molecule has 0 saturated heterocycles. The first-order valence-corrected chi connectivity index (χ1v) is 8.65. The molecule has 1 amide bonds. The zero-order valence-corrected chi connectivity index (χ0v) is 12.8. The molecule has 1 saturated carbocycles. The van der Waals surface area contributed by atoms with Gasteiger partial charge >= 0.3 is 0 Å². The number of anilines is 1. The van der Waals surface area contributed by atoms with Crippen molar-refractivity contribution in [3.05, 3.63) is 29.3 Å². The van der Waals surface area contributed by atoms with Gasteiger partial charge in [0.05, 0.1) is 0 Å². The molecule has 3 nitrogen and oxygen atoms in total. The normalized spacial score (nSPS) is 19.4. The average molecular weight is 290 g/mol. The minimum atomic E-state index is 0.0682. The Morgan fingerprint density at radius 1 is 1.40 bits per heavy atom. The average Bonchev–Trinajstić information content (AvgIpc) is 2.46. The zero-order valence-electron chi connectivity index (χ0n) is 12.0. The molecule has 1 heterocycles. The fourth-order valence-corrected chi connectivity index (χ4v) is 3.90. The second-order valence-electron chi connectivity index (χ2n) is 5.83. The molecule has 20 heavy (non-hydrogen) atoms. The third-order valence-electron chi connectivity index (χ3n) is 4.57. The highest BCUT2D eigenvalue weighted by atomic mass is 32.2. The summed E-state index contributed by atoms with van der Waals surface area (Å²) in [6, 6.07) is 6.01. The van der Waals surface area contributed by atoms with Crippen molar-refractivity contribution in [2.45, 2.75) is 36.9 Å². The number of rotatable bonds is 4. The summed E-state index contributed by atoms with van der Waals surface area (Å²) in [4.78, 5) is 12.3. The number of fused-ring (bicyclic) bond motifs is 1. The minimum absolute atomic E-state index is 0.0682. The predicted molar refractivity (Wildman–Crippen MR) is 85.7 cm³/mol. The summed E-state index contributed by atoms with van der Waals surface area (Å²) in [6.07, 6.45) is 8.11.